The van der Waals surface area contributed by atoms with Crippen LogP contribution in [0.5, 0.6) is 0 Å². The second-order valence-electron chi connectivity index (χ2n) is 1.36. The molecular weight excluding hydrogens is 115 g/mol. The molecule has 1 aliphatic heterocycles. The Hall–Kier alpha value is 0.210. The third-order valence-electron chi connectivity index (χ3n) is 0.690. The molecular formula is C4H6ClO2. The van der Waals surface area contributed by atoms with Gasteiger partial charge in [0.05, 0.1) is 18.6 Å². The number of rotatable bonds is 0. The van der Waals surface area contributed by atoms with Crippen molar-refractivity contribution >= 4 is 11.6 Å². The summed E-state index contributed by atoms with van der Waals surface area (Å²) in [5.41, 5.74) is 0. The molecule has 2 nitrogen and oxygen atoms in total. The third kappa shape index (κ3) is 1.63. The molecule has 1 rings (SSSR count). The third-order valence-corrected chi connectivity index (χ3v) is 0.942. The molecule has 0 atom stereocenters. The first-order chi connectivity index (χ1) is 3.39. The zero-order valence-electron chi connectivity index (χ0n) is 3.76. The van der Waals surface area contributed by atoms with Crippen LogP contribution in [0.15, 0.2) is 0 Å². The van der Waals surface area contributed by atoms with Gasteiger partial charge in [0.25, 0.3) is 0 Å². The Kier molecular flexibility index (Phi) is 1.91. The highest BCUT2D eigenvalue weighted by Crippen LogP contribution is 2.05. The van der Waals surface area contributed by atoms with E-state index < -0.39 is 0 Å². The van der Waals surface area contributed by atoms with Crippen molar-refractivity contribution in [2.45, 2.75) is 5.38 Å². The molecule has 1 heterocycles. The van der Waals surface area contributed by atoms with Gasteiger partial charge in [-0.25, -0.2) is 0 Å². The van der Waals surface area contributed by atoms with Crippen LogP contribution in [0, 0.1) is 6.79 Å². The minimum Gasteiger partial charge on any atom is -0.346 e. The van der Waals surface area contributed by atoms with E-state index in [4.69, 9.17) is 21.1 Å². The molecule has 0 aromatic rings. The van der Waals surface area contributed by atoms with Crippen LogP contribution in [0.4, 0.5) is 0 Å². The number of halogens is 1. The fraction of sp³-hybridized carbons (Fsp3) is 0.750. The average Bonchev–Trinajstić information content (AvgIpc) is 1.69. The highest BCUT2D eigenvalue weighted by molar-refractivity contribution is 6.20. The van der Waals surface area contributed by atoms with E-state index in [1.54, 1.807) is 0 Å². The van der Waals surface area contributed by atoms with Gasteiger partial charge >= 0.3 is 0 Å². The van der Waals surface area contributed by atoms with E-state index in [0.717, 1.165) is 0 Å². The van der Waals surface area contributed by atoms with Gasteiger partial charge in [0.15, 0.2) is 0 Å². The zero-order valence-corrected chi connectivity index (χ0v) is 4.52. The first-order valence-corrected chi connectivity index (χ1v) is 2.52. The van der Waals surface area contributed by atoms with Gasteiger partial charge < -0.3 is 9.47 Å². The highest BCUT2D eigenvalue weighted by Gasteiger charge is 2.09. The molecule has 0 aliphatic carbocycles. The van der Waals surface area contributed by atoms with Crippen LogP contribution in [-0.2, 0) is 9.47 Å². The Balaban J connectivity index is 2.12. The van der Waals surface area contributed by atoms with Gasteiger partial charge in [-0.2, -0.15) is 0 Å². The summed E-state index contributed by atoms with van der Waals surface area (Å²) < 4.78 is 9.41. The van der Waals surface area contributed by atoms with Crippen LogP contribution in [0.1, 0.15) is 0 Å². The first-order valence-electron chi connectivity index (χ1n) is 2.08. The molecule has 0 spiro atoms. The lowest BCUT2D eigenvalue weighted by Crippen LogP contribution is -2.20. The molecule has 3 heteroatoms. The summed E-state index contributed by atoms with van der Waals surface area (Å²) in [5, 5.41) is 0.0324. The van der Waals surface area contributed by atoms with E-state index in [9.17, 15) is 0 Å². The van der Waals surface area contributed by atoms with Crippen LogP contribution in [0.25, 0.3) is 0 Å². The second-order valence-corrected chi connectivity index (χ2v) is 1.98. The number of ether oxygens (including phenoxy) is 2. The molecule has 1 fully saturated rings. The summed E-state index contributed by atoms with van der Waals surface area (Å²) in [4.78, 5) is 0. The maximum atomic E-state index is 5.55. The van der Waals surface area contributed by atoms with Crippen molar-refractivity contribution in [3.8, 4) is 0 Å². The van der Waals surface area contributed by atoms with Gasteiger partial charge in [0.2, 0.25) is 6.79 Å². The molecule has 1 aliphatic rings. The predicted molar refractivity (Wildman–Crippen MR) is 25.8 cm³/mol. The molecule has 0 unspecified atom stereocenters. The zero-order chi connectivity index (χ0) is 5.11. The molecule has 1 radical (unpaired) electrons. The molecule has 0 amide bonds. The van der Waals surface area contributed by atoms with E-state index in [1.807, 2.05) is 0 Å². The fourth-order valence-electron chi connectivity index (χ4n) is 0.384. The van der Waals surface area contributed by atoms with Gasteiger partial charge in [-0.05, 0) is 0 Å². The van der Waals surface area contributed by atoms with Gasteiger partial charge in [-0.3, -0.25) is 0 Å². The van der Waals surface area contributed by atoms with E-state index in [0.29, 0.717) is 13.2 Å². The molecule has 1 saturated heterocycles. The summed E-state index contributed by atoms with van der Waals surface area (Å²) in [6, 6.07) is 0. The summed E-state index contributed by atoms with van der Waals surface area (Å²) in [6.45, 7) is 2.46. The predicted octanol–water partition coefficient (Wildman–Crippen LogP) is 0.760. The van der Waals surface area contributed by atoms with Crippen molar-refractivity contribution in [2.24, 2.45) is 0 Å². The lowest BCUT2D eigenvalue weighted by molar-refractivity contribution is -0.0247. The van der Waals surface area contributed by atoms with Crippen LogP contribution >= 0.6 is 11.6 Å². The lowest BCUT2D eigenvalue weighted by Gasteiger charge is -2.14. The maximum Gasteiger partial charge on any atom is 0.209 e. The number of hydrogen-bond acceptors (Lipinski definition) is 2. The van der Waals surface area contributed by atoms with E-state index >= 15 is 0 Å². The van der Waals surface area contributed by atoms with Gasteiger partial charge in [0.1, 0.15) is 0 Å². The molecule has 0 aromatic heterocycles. The minimum absolute atomic E-state index is 0.0324. The fourth-order valence-corrected chi connectivity index (χ4v) is 0.529. The SMILES string of the molecule is ClC1CO[CH]OC1. The molecule has 41 valence electrons. The molecule has 0 bridgehead atoms. The average molecular weight is 122 g/mol. The van der Waals surface area contributed by atoms with Crippen LogP contribution in [-0.4, -0.2) is 18.6 Å². The standard InChI is InChI=1S/C4H6ClO2/c5-4-1-6-3-7-2-4/h3-4H,1-2H2. The van der Waals surface area contributed by atoms with Crippen molar-refractivity contribution in [3.05, 3.63) is 6.79 Å². The van der Waals surface area contributed by atoms with Gasteiger partial charge in [-0.1, -0.05) is 0 Å². The Morgan fingerprint density at radius 1 is 1.43 bits per heavy atom. The van der Waals surface area contributed by atoms with Crippen LogP contribution < -0.4 is 0 Å². The largest absolute Gasteiger partial charge is 0.346 e. The van der Waals surface area contributed by atoms with Crippen molar-refractivity contribution in [2.75, 3.05) is 13.2 Å². The topological polar surface area (TPSA) is 18.5 Å². The summed E-state index contributed by atoms with van der Waals surface area (Å²) >= 11 is 5.55. The van der Waals surface area contributed by atoms with Crippen LogP contribution in [0.2, 0.25) is 0 Å². The quantitative estimate of drug-likeness (QED) is 0.441. The van der Waals surface area contributed by atoms with Gasteiger partial charge in [0, 0.05) is 0 Å². The van der Waals surface area contributed by atoms with E-state index in [1.165, 1.54) is 6.79 Å². The number of alkyl halides is 1. The Morgan fingerprint density at radius 2 is 2.00 bits per heavy atom. The summed E-state index contributed by atoms with van der Waals surface area (Å²) in [7, 11) is 0. The molecule has 7 heavy (non-hydrogen) atoms. The van der Waals surface area contributed by atoms with Gasteiger partial charge in [-0.15, -0.1) is 11.6 Å². The maximum absolute atomic E-state index is 5.55. The van der Waals surface area contributed by atoms with Crippen molar-refractivity contribution in [3.63, 3.8) is 0 Å². The second kappa shape index (κ2) is 2.50. The highest BCUT2D eigenvalue weighted by atomic mass is 35.5. The molecule has 0 aromatic carbocycles. The normalized spacial score (nSPS) is 25.3. The summed E-state index contributed by atoms with van der Waals surface area (Å²) in [6.07, 6.45) is 0. The smallest absolute Gasteiger partial charge is 0.209 e. The Labute approximate surface area is 47.4 Å². The Morgan fingerprint density at radius 3 is 2.29 bits per heavy atom. The molecule has 0 N–H and O–H groups in total. The summed E-state index contributed by atoms with van der Waals surface area (Å²) in [5.74, 6) is 0. The molecule has 0 saturated carbocycles. The van der Waals surface area contributed by atoms with E-state index in [2.05, 4.69) is 0 Å². The van der Waals surface area contributed by atoms with Crippen molar-refractivity contribution < 1.29 is 9.47 Å². The minimum atomic E-state index is 0.0324. The van der Waals surface area contributed by atoms with E-state index in [-0.39, 0.29) is 5.38 Å². The monoisotopic (exact) mass is 121 g/mol. The number of hydrogen-bond donors (Lipinski definition) is 0. The van der Waals surface area contributed by atoms with Crippen LogP contribution in [0.3, 0.4) is 0 Å². The lowest BCUT2D eigenvalue weighted by atomic mass is 10.5. The first kappa shape index (κ1) is 5.35. The van der Waals surface area contributed by atoms with Crippen molar-refractivity contribution in [1.82, 2.24) is 0 Å². The van der Waals surface area contributed by atoms with Crippen molar-refractivity contribution in [1.29, 1.82) is 0 Å². The Bertz CT molecular complexity index is 51.7.